The molecular formula is C24H26N6O3S2. The van der Waals surface area contributed by atoms with E-state index in [1.165, 1.54) is 0 Å². The van der Waals surface area contributed by atoms with Gasteiger partial charge in [0.25, 0.3) is 0 Å². The molecule has 4 rings (SSSR count). The maximum atomic E-state index is 12.8. The third-order valence-electron chi connectivity index (χ3n) is 5.23. The second-order valence-corrected chi connectivity index (χ2v) is 11.9. The maximum absolute atomic E-state index is 12.8. The van der Waals surface area contributed by atoms with Gasteiger partial charge in [-0.25, -0.2) is 27.1 Å². The molecule has 35 heavy (non-hydrogen) atoms. The molecule has 0 spiro atoms. The van der Waals surface area contributed by atoms with Crippen molar-refractivity contribution >= 4 is 37.2 Å². The molecule has 0 aliphatic carbocycles. The molecule has 3 aromatic rings. The van der Waals surface area contributed by atoms with Crippen molar-refractivity contribution in [1.82, 2.24) is 14.7 Å². The summed E-state index contributed by atoms with van der Waals surface area (Å²) >= 11 is 0. The highest BCUT2D eigenvalue weighted by Crippen LogP contribution is 2.22. The Balaban J connectivity index is 1.47. The molecular weight excluding hydrogens is 484 g/mol. The van der Waals surface area contributed by atoms with Crippen LogP contribution < -0.4 is 15.4 Å². The van der Waals surface area contributed by atoms with Crippen molar-refractivity contribution in [3.05, 3.63) is 66.4 Å². The lowest BCUT2D eigenvalue weighted by Gasteiger charge is -2.10. The second kappa shape index (κ2) is 10.9. The van der Waals surface area contributed by atoms with Crippen molar-refractivity contribution in [2.75, 3.05) is 29.5 Å². The molecule has 1 atom stereocenters. The molecule has 1 aromatic heterocycles. The molecule has 1 aliphatic rings. The molecule has 4 N–H and O–H groups in total. The van der Waals surface area contributed by atoms with Crippen LogP contribution in [0.15, 0.2) is 70.6 Å². The van der Waals surface area contributed by atoms with Crippen LogP contribution in [-0.2, 0) is 19.8 Å². The quantitative estimate of drug-likeness (QED) is 0.311. The lowest BCUT2D eigenvalue weighted by atomic mass is 10.2. The van der Waals surface area contributed by atoms with E-state index in [0.29, 0.717) is 47.3 Å². The summed E-state index contributed by atoms with van der Waals surface area (Å²) in [6.45, 7) is 0.755. The minimum Gasteiger partial charge on any atom is -0.369 e. The van der Waals surface area contributed by atoms with Gasteiger partial charge in [-0.3, -0.25) is 0 Å². The lowest BCUT2D eigenvalue weighted by molar-refractivity contribution is 0.582. The molecule has 2 aromatic carbocycles. The number of benzene rings is 2. The van der Waals surface area contributed by atoms with Gasteiger partial charge in [-0.05, 0) is 43.2 Å². The Hall–Kier alpha value is -3.46. The van der Waals surface area contributed by atoms with Gasteiger partial charge in [-0.2, -0.15) is 4.98 Å². The molecule has 1 aliphatic heterocycles. The first kappa shape index (κ1) is 24.7. The fourth-order valence-electron chi connectivity index (χ4n) is 3.42. The SMILES string of the molecule is N=S1(=O)CCCCNc2nc(ncc2C#CCCNS(=O)(=O)c2ccccc2)Nc2cccc1c2. The Bertz CT molecular complexity index is 1460. The normalized spacial score (nSPS) is 17.8. The lowest BCUT2D eigenvalue weighted by Crippen LogP contribution is -2.24. The molecule has 0 saturated heterocycles. The van der Waals surface area contributed by atoms with Gasteiger partial charge in [0, 0.05) is 35.8 Å². The minimum absolute atomic E-state index is 0.177. The van der Waals surface area contributed by atoms with Crippen LogP contribution in [0.5, 0.6) is 0 Å². The predicted molar refractivity (Wildman–Crippen MR) is 137 cm³/mol. The second-order valence-electron chi connectivity index (χ2n) is 7.88. The van der Waals surface area contributed by atoms with Crippen LogP contribution in [-0.4, -0.2) is 41.4 Å². The minimum atomic E-state index is -3.57. The van der Waals surface area contributed by atoms with Crippen molar-refractivity contribution in [2.24, 2.45) is 0 Å². The number of aromatic nitrogens is 2. The van der Waals surface area contributed by atoms with Gasteiger partial charge < -0.3 is 10.6 Å². The van der Waals surface area contributed by atoms with Crippen LogP contribution in [0.4, 0.5) is 17.5 Å². The number of hydrogen-bond acceptors (Lipinski definition) is 8. The number of nitrogens with zero attached hydrogens (tertiary/aromatic N) is 2. The van der Waals surface area contributed by atoms with E-state index in [2.05, 4.69) is 37.2 Å². The fourth-order valence-corrected chi connectivity index (χ4v) is 5.93. The van der Waals surface area contributed by atoms with E-state index in [0.717, 1.165) is 6.42 Å². The highest BCUT2D eigenvalue weighted by Gasteiger charge is 2.14. The molecule has 182 valence electrons. The predicted octanol–water partition coefficient (Wildman–Crippen LogP) is 3.55. The van der Waals surface area contributed by atoms with Crippen LogP contribution in [0.25, 0.3) is 0 Å². The Morgan fingerprint density at radius 1 is 1.11 bits per heavy atom. The highest BCUT2D eigenvalue weighted by atomic mass is 32.2. The van der Waals surface area contributed by atoms with Gasteiger partial charge in [0.15, 0.2) is 0 Å². The van der Waals surface area contributed by atoms with Crippen molar-refractivity contribution in [1.29, 1.82) is 4.78 Å². The summed E-state index contributed by atoms with van der Waals surface area (Å²) < 4.78 is 48.2. The number of fused-ring (bicyclic) bond motifs is 4. The summed E-state index contributed by atoms with van der Waals surface area (Å²) in [4.78, 5) is 9.57. The van der Waals surface area contributed by atoms with E-state index in [-0.39, 0.29) is 17.2 Å². The molecule has 0 radical (unpaired) electrons. The molecule has 0 amide bonds. The zero-order valence-corrected chi connectivity index (χ0v) is 20.6. The number of rotatable bonds is 4. The average molecular weight is 511 g/mol. The van der Waals surface area contributed by atoms with Crippen LogP contribution in [0.3, 0.4) is 0 Å². The van der Waals surface area contributed by atoms with Gasteiger partial charge in [0.1, 0.15) is 5.82 Å². The van der Waals surface area contributed by atoms with Gasteiger partial charge in [0.2, 0.25) is 16.0 Å². The number of sulfonamides is 1. The maximum Gasteiger partial charge on any atom is 0.240 e. The van der Waals surface area contributed by atoms with Crippen molar-refractivity contribution in [3.63, 3.8) is 0 Å². The molecule has 11 heteroatoms. The van der Waals surface area contributed by atoms with Crippen molar-refractivity contribution < 1.29 is 12.6 Å². The summed E-state index contributed by atoms with van der Waals surface area (Å²) in [7, 11) is -6.44. The van der Waals surface area contributed by atoms with E-state index < -0.39 is 19.8 Å². The Morgan fingerprint density at radius 2 is 1.94 bits per heavy atom. The van der Waals surface area contributed by atoms with Gasteiger partial charge in [-0.1, -0.05) is 36.1 Å². The van der Waals surface area contributed by atoms with Gasteiger partial charge in [-0.15, -0.1) is 0 Å². The van der Waals surface area contributed by atoms with E-state index in [9.17, 15) is 12.6 Å². The van der Waals surface area contributed by atoms with E-state index in [1.54, 1.807) is 60.8 Å². The first-order valence-electron chi connectivity index (χ1n) is 11.1. The van der Waals surface area contributed by atoms with Crippen LogP contribution in [0.2, 0.25) is 0 Å². The summed E-state index contributed by atoms with van der Waals surface area (Å²) in [5.74, 6) is 7.19. The Kier molecular flexibility index (Phi) is 7.65. The zero-order valence-electron chi connectivity index (χ0n) is 19.0. The highest BCUT2D eigenvalue weighted by molar-refractivity contribution is 7.92. The van der Waals surface area contributed by atoms with E-state index in [1.807, 2.05) is 0 Å². The monoisotopic (exact) mass is 510 g/mol. The van der Waals surface area contributed by atoms with Crippen LogP contribution in [0, 0.1) is 16.6 Å². The zero-order chi connectivity index (χ0) is 24.7. The largest absolute Gasteiger partial charge is 0.369 e. The summed E-state index contributed by atoms with van der Waals surface area (Å²) in [5, 5.41) is 6.35. The smallest absolute Gasteiger partial charge is 0.240 e. The number of hydrogen-bond donors (Lipinski definition) is 4. The summed E-state index contributed by atoms with van der Waals surface area (Å²) in [6, 6.07) is 15.2. The van der Waals surface area contributed by atoms with Crippen molar-refractivity contribution in [3.8, 4) is 11.8 Å². The average Bonchev–Trinajstić information content (AvgIpc) is 2.85. The number of nitrogens with one attached hydrogen (secondary N) is 4. The molecule has 4 bridgehead atoms. The standard InChI is InChI=1S/C24H26N6O3S2/c25-34(31)16-7-6-14-26-23-19(18-27-24(30-23)29-20-10-8-13-22(34)17-20)9-4-5-15-28-35(32,33)21-11-2-1-3-12-21/h1-3,8,10-13,17-18,25,28H,5-7,14-16H2,(H2,26,27,29,30). The third kappa shape index (κ3) is 6.57. The molecule has 9 nitrogen and oxygen atoms in total. The summed E-state index contributed by atoms with van der Waals surface area (Å²) in [5.41, 5.74) is 1.24. The Morgan fingerprint density at radius 3 is 2.77 bits per heavy atom. The fraction of sp³-hybridized carbons (Fsp3) is 0.250. The first-order valence-corrected chi connectivity index (χ1v) is 14.3. The molecule has 2 heterocycles. The van der Waals surface area contributed by atoms with E-state index in [4.69, 9.17) is 4.78 Å². The Labute approximate surface area is 205 Å². The first-order chi connectivity index (χ1) is 16.8. The van der Waals surface area contributed by atoms with Crippen LogP contribution >= 0.6 is 0 Å². The van der Waals surface area contributed by atoms with Gasteiger partial charge in [0.05, 0.1) is 26.4 Å². The number of anilines is 3. The molecule has 0 saturated carbocycles. The summed E-state index contributed by atoms with van der Waals surface area (Å²) in [6.07, 6.45) is 3.27. The van der Waals surface area contributed by atoms with Crippen molar-refractivity contribution in [2.45, 2.75) is 29.1 Å². The van der Waals surface area contributed by atoms with Crippen LogP contribution in [0.1, 0.15) is 24.8 Å². The third-order valence-corrected chi connectivity index (χ3v) is 8.59. The van der Waals surface area contributed by atoms with Gasteiger partial charge >= 0.3 is 0 Å². The molecule has 0 fully saturated rings. The topological polar surface area (TPSA) is 137 Å². The van der Waals surface area contributed by atoms with E-state index >= 15 is 0 Å². The molecule has 1 unspecified atom stereocenters.